The average Bonchev–Trinajstić information content (AvgIpc) is 2.75. The molecule has 0 fully saturated rings. The minimum absolute atomic E-state index is 0.181. The van der Waals surface area contributed by atoms with Gasteiger partial charge in [-0.05, 0) is 46.3 Å². The molecule has 1 aromatic carbocycles. The Bertz CT molecular complexity index is 547. The second-order valence-electron chi connectivity index (χ2n) is 3.56. The Morgan fingerprint density at radius 2 is 2.06 bits per heavy atom. The fourth-order valence-electron chi connectivity index (χ4n) is 1.45. The molecule has 2 N–H and O–H groups in total. The van der Waals surface area contributed by atoms with Gasteiger partial charge in [0, 0.05) is 15.9 Å². The number of halogens is 3. The van der Waals surface area contributed by atoms with Crippen LogP contribution in [0.3, 0.4) is 0 Å². The SMILES string of the molecule is NCC(Oc1ccc(Br)cc1Br)c1ccc(Cl)s1. The molecule has 0 saturated heterocycles. The molecule has 0 radical (unpaired) electrons. The van der Waals surface area contributed by atoms with E-state index < -0.39 is 0 Å². The smallest absolute Gasteiger partial charge is 0.145 e. The first-order chi connectivity index (χ1) is 8.60. The third-order valence-electron chi connectivity index (χ3n) is 2.29. The summed E-state index contributed by atoms with van der Waals surface area (Å²) >= 11 is 14.3. The van der Waals surface area contributed by atoms with Crippen molar-refractivity contribution < 1.29 is 4.74 Å². The average molecular weight is 412 g/mol. The molecule has 0 amide bonds. The number of nitrogens with two attached hydrogens (primary N) is 1. The lowest BCUT2D eigenvalue weighted by Crippen LogP contribution is -2.17. The largest absolute Gasteiger partial charge is 0.482 e. The fourth-order valence-corrected chi connectivity index (χ4v) is 3.69. The summed E-state index contributed by atoms with van der Waals surface area (Å²) in [7, 11) is 0. The van der Waals surface area contributed by atoms with Gasteiger partial charge in [-0.3, -0.25) is 0 Å². The van der Waals surface area contributed by atoms with Crippen molar-refractivity contribution in [2.24, 2.45) is 5.73 Å². The Morgan fingerprint density at radius 1 is 1.28 bits per heavy atom. The maximum absolute atomic E-state index is 5.92. The molecule has 1 aromatic heterocycles. The highest BCUT2D eigenvalue weighted by atomic mass is 79.9. The minimum atomic E-state index is -0.181. The molecule has 0 aliphatic carbocycles. The Labute approximate surface area is 131 Å². The van der Waals surface area contributed by atoms with Crippen LogP contribution < -0.4 is 10.5 Å². The van der Waals surface area contributed by atoms with Crippen LogP contribution in [-0.2, 0) is 0 Å². The third kappa shape index (κ3) is 3.48. The zero-order valence-corrected chi connectivity index (χ0v) is 13.9. The van der Waals surface area contributed by atoms with E-state index in [1.54, 1.807) is 0 Å². The highest BCUT2D eigenvalue weighted by Gasteiger charge is 2.15. The monoisotopic (exact) mass is 409 g/mol. The van der Waals surface area contributed by atoms with E-state index in [1.165, 1.54) is 11.3 Å². The number of rotatable bonds is 4. The first-order valence-corrected chi connectivity index (χ1v) is 7.95. The van der Waals surface area contributed by atoms with Crippen molar-refractivity contribution in [3.63, 3.8) is 0 Å². The molecule has 0 saturated carbocycles. The molecular weight excluding hydrogens is 401 g/mol. The van der Waals surface area contributed by atoms with E-state index in [9.17, 15) is 0 Å². The van der Waals surface area contributed by atoms with Gasteiger partial charge in [-0.15, -0.1) is 11.3 Å². The molecule has 0 bridgehead atoms. The molecular formula is C12H10Br2ClNOS. The van der Waals surface area contributed by atoms with Crippen LogP contribution in [0, 0.1) is 0 Å². The summed E-state index contributed by atoms with van der Waals surface area (Å²) in [5.41, 5.74) is 5.76. The highest BCUT2D eigenvalue weighted by molar-refractivity contribution is 9.11. The van der Waals surface area contributed by atoms with Crippen LogP contribution in [-0.4, -0.2) is 6.54 Å². The molecule has 2 nitrogen and oxygen atoms in total. The zero-order valence-electron chi connectivity index (χ0n) is 9.20. The van der Waals surface area contributed by atoms with Gasteiger partial charge in [0.1, 0.15) is 11.9 Å². The molecule has 0 aliphatic rings. The van der Waals surface area contributed by atoms with Gasteiger partial charge in [-0.2, -0.15) is 0 Å². The minimum Gasteiger partial charge on any atom is -0.482 e. The van der Waals surface area contributed by atoms with Gasteiger partial charge < -0.3 is 10.5 Å². The first kappa shape index (κ1) is 14.3. The van der Waals surface area contributed by atoms with E-state index in [1.807, 2.05) is 30.3 Å². The summed E-state index contributed by atoms with van der Waals surface area (Å²) in [6, 6.07) is 9.55. The van der Waals surface area contributed by atoms with E-state index in [0.29, 0.717) is 6.54 Å². The summed E-state index contributed by atoms with van der Waals surface area (Å²) in [4.78, 5) is 1.03. The molecule has 96 valence electrons. The molecule has 1 heterocycles. The van der Waals surface area contributed by atoms with Gasteiger partial charge in [0.25, 0.3) is 0 Å². The predicted octanol–water partition coefficient (Wildman–Crippen LogP) is 5.01. The topological polar surface area (TPSA) is 35.2 Å². The molecule has 0 aliphatic heterocycles. The van der Waals surface area contributed by atoms with Gasteiger partial charge in [0.15, 0.2) is 0 Å². The Hall–Kier alpha value is -0.0700. The third-order valence-corrected chi connectivity index (χ3v) is 4.72. The molecule has 1 atom stereocenters. The summed E-state index contributed by atoms with van der Waals surface area (Å²) in [5.74, 6) is 0.762. The molecule has 0 spiro atoms. The maximum atomic E-state index is 5.92. The van der Waals surface area contributed by atoms with Gasteiger partial charge in [0.2, 0.25) is 0 Å². The molecule has 18 heavy (non-hydrogen) atoms. The zero-order chi connectivity index (χ0) is 13.1. The predicted molar refractivity (Wildman–Crippen MR) is 83.6 cm³/mol. The number of benzene rings is 1. The Balaban J connectivity index is 2.20. The first-order valence-electron chi connectivity index (χ1n) is 5.17. The van der Waals surface area contributed by atoms with Gasteiger partial charge in [0.05, 0.1) is 8.81 Å². The van der Waals surface area contributed by atoms with Crippen molar-refractivity contribution in [2.45, 2.75) is 6.10 Å². The van der Waals surface area contributed by atoms with Crippen molar-refractivity contribution >= 4 is 54.8 Å². The second-order valence-corrected chi connectivity index (χ2v) is 7.08. The highest BCUT2D eigenvalue weighted by Crippen LogP contribution is 2.34. The van der Waals surface area contributed by atoms with Crippen molar-refractivity contribution in [3.05, 3.63) is 48.5 Å². The van der Waals surface area contributed by atoms with Crippen LogP contribution in [0.2, 0.25) is 4.34 Å². The Morgan fingerprint density at radius 3 is 2.61 bits per heavy atom. The summed E-state index contributed by atoms with van der Waals surface area (Å²) in [5, 5.41) is 0. The van der Waals surface area contributed by atoms with E-state index in [0.717, 1.165) is 23.9 Å². The lowest BCUT2D eigenvalue weighted by atomic mass is 10.3. The quantitative estimate of drug-likeness (QED) is 0.768. The van der Waals surface area contributed by atoms with E-state index in [2.05, 4.69) is 31.9 Å². The van der Waals surface area contributed by atoms with E-state index in [4.69, 9.17) is 22.1 Å². The summed E-state index contributed by atoms with van der Waals surface area (Å²) < 4.78 is 8.52. The number of hydrogen-bond donors (Lipinski definition) is 1. The van der Waals surface area contributed by atoms with Crippen LogP contribution in [0.25, 0.3) is 0 Å². The van der Waals surface area contributed by atoms with Crippen molar-refractivity contribution in [2.75, 3.05) is 6.54 Å². The van der Waals surface area contributed by atoms with Crippen LogP contribution >= 0.6 is 54.8 Å². The number of hydrogen-bond acceptors (Lipinski definition) is 3. The van der Waals surface area contributed by atoms with Crippen molar-refractivity contribution in [1.29, 1.82) is 0 Å². The fraction of sp³-hybridized carbons (Fsp3) is 0.167. The number of ether oxygens (including phenoxy) is 1. The maximum Gasteiger partial charge on any atom is 0.145 e. The molecule has 2 aromatic rings. The molecule has 1 unspecified atom stereocenters. The second kappa shape index (κ2) is 6.39. The van der Waals surface area contributed by atoms with Gasteiger partial charge in [-0.25, -0.2) is 0 Å². The standard InChI is InChI=1S/C12H10Br2ClNOS/c13-7-1-2-9(8(14)5-7)17-10(6-16)11-3-4-12(15)18-11/h1-5,10H,6,16H2. The summed E-state index contributed by atoms with van der Waals surface area (Å²) in [6.45, 7) is 0.402. The lowest BCUT2D eigenvalue weighted by molar-refractivity contribution is 0.216. The van der Waals surface area contributed by atoms with E-state index in [-0.39, 0.29) is 6.10 Å². The molecule has 2 rings (SSSR count). The van der Waals surface area contributed by atoms with Crippen LogP contribution in [0.15, 0.2) is 39.3 Å². The van der Waals surface area contributed by atoms with Crippen LogP contribution in [0.1, 0.15) is 11.0 Å². The molecule has 6 heteroatoms. The Kier molecular flexibility index (Phi) is 5.09. The van der Waals surface area contributed by atoms with Gasteiger partial charge >= 0.3 is 0 Å². The van der Waals surface area contributed by atoms with E-state index >= 15 is 0 Å². The van der Waals surface area contributed by atoms with Crippen LogP contribution in [0.4, 0.5) is 0 Å². The van der Waals surface area contributed by atoms with Crippen molar-refractivity contribution in [3.8, 4) is 5.75 Å². The van der Waals surface area contributed by atoms with Gasteiger partial charge in [-0.1, -0.05) is 27.5 Å². The lowest BCUT2D eigenvalue weighted by Gasteiger charge is -2.17. The normalized spacial score (nSPS) is 12.4. The number of thiophene rings is 1. The van der Waals surface area contributed by atoms with Crippen molar-refractivity contribution in [1.82, 2.24) is 0 Å². The summed E-state index contributed by atoms with van der Waals surface area (Å²) in [6.07, 6.45) is -0.181. The van der Waals surface area contributed by atoms with Crippen LogP contribution in [0.5, 0.6) is 5.75 Å².